The van der Waals surface area contributed by atoms with E-state index in [9.17, 15) is 9.00 Å². The van der Waals surface area contributed by atoms with Gasteiger partial charge in [-0.05, 0) is 35.0 Å². The van der Waals surface area contributed by atoms with Crippen molar-refractivity contribution in [2.75, 3.05) is 24.6 Å². The highest BCUT2D eigenvalue weighted by Crippen LogP contribution is 2.25. The minimum atomic E-state index is -0.774. The molecule has 0 bridgehead atoms. The molecule has 1 aromatic carbocycles. The van der Waals surface area contributed by atoms with Gasteiger partial charge < -0.3 is 9.64 Å². The van der Waals surface area contributed by atoms with E-state index in [0.29, 0.717) is 30.3 Å². The van der Waals surface area contributed by atoms with Crippen molar-refractivity contribution in [3.63, 3.8) is 0 Å². The number of hydrogen-bond acceptors (Lipinski definition) is 3. The average Bonchev–Trinajstić information content (AvgIpc) is 2.41. The number of rotatable bonds is 3. The molecule has 1 fully saturated rings. The molecule has 1 heterocycles. The number of carbonyl (C=O) groups excluding carboxylic acids is 1. The second-order valence-electron chi connectivity index (χ2n) is 4.36. The lowest BCUT2D eigenvalue weighted by Gasteiger charge is -2.29. The Morgan fingerprint density at radius 2 is 2.00 bits per heavy atom. The van der Waals surface area contributed by atoms with Gasteiger partial charge in [-0.3, -0.25) is 9.00 Å². The summed E-state index contributed by atoms with van der Waals surface area (Å²) in [5, 5.41) is 0. The first-order valence-electron chi connectivity index (χ1n) is 6.13. The van der Waals surface area contributed by atoms with Gasteiger partial charge in [-0.1, -0.05) is 12.1 Å². The van der Waals surface area contributed by atoms with Crippen LogP contribution in [0.25, 0.3) is 0 Å². The Morgan fingerprint density at radius 3 is 2.63 bits per heavy atom. The lowest BCUT2D eigenvalue weighted by Crippen LogP contribution is -2.47. The number of ether oxygens (including phenoxy) is 1. The molecule has 0 aliphatic carbocycles. The molecule has 0 unspecified atom stereocenters. The topological polar surface area (TPSA) is 46.6 Å². The van der Waals surface area contributed by atoms with Gasteiger partial charge >= 0.3 is 0 Å². The largest absolute Gasteiger partial charge is 0.480 e. The van der Waals surface area contributed by atoms with Crippen molar-refractivity contribution < 1.29 is 13.7 Å². The zero-order valence-electron chi connectivity index (χ0n) is 10.7. The van der Waals surface area contributed by atoms with E-state index in [1.807, 2.05) is 24.3 Å². The molecular formula is C13H16BrNO3S. The van der Waals surface area contributed by atoms with E-state index >= 15 is 0 Å². The van der Waals surface area contributed by atoms with Crippen LogP contribution in [0.5, 0.6) is 5.75 Å². The number of carbonyl (C=O) groups is 1. The first kappa shape index (κ1) is 14.5. The van der Waals surface area contributed by atoms with Gasteiger partial charge in [0, 0.05) is 35.4 Å². The number of amides is 1. The van der Waals surface area contributed by atoms with Crippen LogP contribution < -0.4 is 4.74 Å². The fourth-order valence-electron chi connectivity index (χ4n) is 1.90. The average molecular weight is 346 g/mol. The molecule has 1 saturated heterocycles. The zero-order chi connectivity index (χ0) is 13.8. The Morgan fingerprint density at radius 1 is 1.37 bits per heavy atom. The van der Waals surface area contributed by atoms with E-state index in [4.69, 9.17) is 4.74 Å². The van der Waals surface area contributed by atoms with E-state index in [1.54, 1.807) is 11.8 Å². The van der Waals surface area contributed by atoms with Gasteiger partial charge in [-0.2, -0.15) is 0 Å². The Bertz CT molecular complexity index is 485. The lowest BCUT2D eigenvalue weighted by atomic mass is 10.3. The molecule has 0 radical (unpaired) electrons. The van der Waals surface area contributed by atoms with Crippen LogP contribution in [0.2, 0.25) is 0 Å². The predicted octanol–water partition coefficient (Wildman–Crippen LogP) is 1.81. The van der Waals surface area contributed by atoms with Crippen molar-refractivity contribution in [2.24, 2.45) is 0 Å². The summed E-state index contributed by atoms with van der Waals surface area (Å²) in [6, 6.07) is 7.44. The van der Waals surface area contributed by atoms with Crippen LogP contribution in [-0.2, 0) is 15.6 Å². The summed E-state index contributed by atoms with van der Waals surface area (Å²) in [7, 11) is -0.774. The molecule has 4 nitrogen and oxygen atoms in total. The monoisotopic (exact) mass is 345 g/mol. The third-order valence-electron chi connectivity index (χ3n) is 2.98. The van der Waals surface area contributed by atoms with E-state index in [2.05, 4.69) is 15.9 Å². The molecule has 0 spiro atoms. The first-order valence-corrected chi connectivity index (χ1v) is 8.41. The Labute approximate surface area is 123 Å². The van der Waals surface area contributed by atoms with Gasteiger partial charge in [-0.25, -0.2) is 0 Å². The fourth-order valence-corrected chi connectivity index (χ4v) is 3.33. The molecule has 0 saturated carbocycles. The maximum atomic E-state index is 12.2. The number of para-hydroxylation sites is 1. The molecule has 1 atom stereocenters. The summed E-state index contributed by atoms with van der Waals surface area (Å²) in [6.45, 7) is 2.84. The molecular weight excluding hydrogens is 330 g/mol. The minimum Gasteiger partial charge on any atom is -0.480 e. The predicted molar refractivity (Wildman–Crippen MR) is 78.7 cm³/mol. The zero-order valence-corrected chi connectivity index (χ0v) is 13.1. The first-order chi connectivity index (χ1) is 9.08. The third kappa shape index (κ3) is 3.79. The van der Waals surface area contributed by atoms with Crippen molar-refractivity contribution in [3.8, 4) is 5.75 Å². The molecule has 1 amide bonds. The van der Waals surface area contributed by atoms with Crippen molar-refractivity contribution in [1.29, 1.82) is 0 Å². The highest BCUT2D eigenvalue weighted by Gasteiger charge is 2.25. The second-order valence-corrected chi connectivity index (χ2v) is 6.91. The molecule has 1 aliphatic rings. The van der Waals surface area contributed by atoms with Crippen LogP contribution in [0, 0.1) is 0 Å². The van der Waals surface area contributed by atoms with Crippen LogP contribution in [0.15, 0.2) is 28.7 Å². The second kappa shape index (κ2) is 6.52. The highest BCUT2D eigenvalue weighted by atomic mass is 79.9. The summed E-state index contributed by atoms with van der Waals surface area (Å²) in [4.78, 5) is 13.9. The molecule has 1 aliphatic heterocycles. The molecule has 104 valence electrons. The molecule has 1 aromatic rings. The maximum absolute atomic E-state index is 12.2. The number of benzene rings is 1. The van der Waals surface area contributed by atoms with Gasteiger partial charge in [0.25, 0.3) is 5.91 Å². The summed E-state index contributed by atoms with van der Waals surface area (Å²) >= 11 is 3.39. The molecule has 0 aromatic heterocycles. The van der Waals surface area contributed by atoms with Crippen LogP contribution in [0.1, 0.15) is 6.92 Å². The van der Waals surface area contributed by atoms with Gasteiger partial charge in [0.05, 0.1) is 4.47 Å². The van der Waals surface area contributed by atoms with E-state index in [-0.39, 0.29) is 5.91 Å². The molecule has 19 heavy (non-hydrogen) atoms. The Hall–Kier alpha value is -0.880. The van der Waals surface area contributed by atoms with E-state index in [0.717, 1.165) is 4.47 Å². The minimum absolute atomic E-state index is 0.0487. The molecule has 0 N–H and O–H groups in total. The van der Waals surface area contributed by atoms with Gasteiger partial charge in [0.1, 0.15) is 5.75 Å². The summed E-state index contributed by atoms with van der Waals surface area (Å²) < 4.78 is 17.8. The summed E-state index contributed by atoms with van der Waals surface area (Å²) in [6.07, 6.45) is -0.537. The van der Waals surface area contributed by atoms with Crippen LogP contribution in [-0.4, -0.2) is 45.7 Å². The standard InChI is InChI=1S/C13H16BrNO3S/c1-10(18-12-5-3-2-4-11(12)14)13(16)15-6-8-19(17)9-7-15/h2-5,10H,6-9H2,1H3/t10-/m1/s1. The third-order valence-corrected chi connectivity index (χ3v) is 4.91. The van der Waals surface area contributed by atoms with Crippen LogP contribution in [0.4, 0.5) is 0 Å². The normalized spacial score (nSPS) is 18.1. The fraction of sp³-hybridized carbons (Fsp3) is 0.462. The van der Waals surface area contributed by atoms with Gasteiger partial charge in [0.15, 0.2) is 6.10 Å². The Balaban J connectivity index is 1.96. The smallest absolute Gasteiger partial charge is 0.263 e. The number of hydrogen-bond donors (Lipinski definition) is 0. The van der Waals surface area contributed by atoms with Gasteiger partial charge in [-0.15, -0.1) is 0 Å². The molecule has 2 rings (SSSR count). The summed E-state index contributed by atoms with van der Waals surface area (Å²) in [5.74, 6) is 1.73. The van der Waals surface area contributed by atoms with E-state index in [1.165, 1.54) is 0 Å². The van der Waals surface area contributed by atoms with E-state index < -0.39 is 16.9 Å². The van der Waals surface area contributed by atoms with Crippen LogP contribution in [0.3, 0.4) is 0 Å². The lowest BCUT2D eigenvalue weighted by molar-refractivity contribution is -0.137. The van der Waals surface area contributed by atoms with Crippen molar-refractivity contribution >= 4 is 32.6 Å². The Kier molecular flexibility index (Phi) is 4.99. The van der Waals surface area contributed by atoms with Crippen molar-refractivity contribution in [2.45, 2.75) is 13.0 Å². The quantitative estimate of drug-likeness (QED) is 0.839. The number of halogens is 1. The SMILES string of the molecule is C[C@@H](Oc1ccccc1Br)C(=O)N1CCS(=O)CC1. The van der Waals surface area contributed by atoms with Crippen LogP contribution >= 0.6 is 15.9 Å². The van der Waals surface area contributed by atoms with Crippen molar-refractivity contribution in [3.05, 3.63) is 28.7 Å². The van der Waals surface area contributed by atoms with Crippen molar-refractivity contribution in [1.82, 2.24) is 4.90 Å². The maximum Gasteiger partial charge on any atom is 0.263 e. The van der Waals surface area contributed by atoms with Gasteiger partial charge in [0.2, 0.25) is 0 Å². The number of nitrogens with zero attached hydrogens (tertiary/aromatic N) is 1. The molecule has 6 heteroatoms. The highest BCUT2D eigenvalue weighted by molar-refractivity contribution is 9.10. The summed E-state index contributed by atoms with van der Waals surface area (Å²) in [5.41, 5.74) is 0.